The molecular weight excluding hydrogens is 188 g/mol. The van der Waals surface area contributed by atoms with Crippen LogP contribution in [0.25, 0.3) is 0 Å². The van der Waals surface area contributed by atoms with Gasteiger partial charge in [-0.15, -0.1) is 0 Å². The summed E-state index contributed by atoms with van der Waals surface area (Å²) in [5.74, 6) is -0.688. The van der Waals surface area contributed by atoms with Gasteiger partial charge in [0, 0.05) is 0 Å². The molecule has 0 aromatic heterocycles. The van der Waals surface area contributed by atoms with Gasteiger partial charge in [0.05, 0.1) is 32.0 Å². The van der Waals surface area contributed by atoms with Gasteiger partial charge in [-0.1, -0.05) is 6.92 Å². The van der Waals surface area contributed by atoms with E-state index in [0.717, 1.165) is 0 Å². The minimum atomic E-state index is -0.688. The Hall–Kier alpha value is -0.910. The van der Waals surface area contributed by atoms with Crippen LogP contribution < -0.4 is 0 Å². The summed E-state index contributed by atoms with van der Waals surface area (Å²) in [4.78, 5) is 11.2. The quantitative estimate of drug-likeness (QED) is 0.390. The summed E-state index contributed by atoms with van der Waals surface area (Å²) >= 11 is 0. The van der Waals surface area contributed by atoms with Crippen molar-refractivity contribution in [3.8, 4) is 0 Å². The number of aliphatic hydroxyl groups excluding tert-OH is 3. The van der Waals surface area contributed by atoms with Crippen molar-refractivity contribution in [1.29, 1.82) is 0 Å². The first-order valence-corrected chi connectivity index (χ1v) is 4.41. The molecule has 5 heteroatoms. The predicted molar refractivity (Wildman–Crippen MR) is 49.5 cm³/mol. The Morgan fingerprint density at radius 3 is 2.07 bits per heavy atom. The maximum atomic E-state index is 11.2. The first-order chi connectivity index (χ1) is 6.71. The largest absolute Gasteiger partial charge is 0.462 e. The van der Waals surface area contributed by atoms with Crippen LogP contribution in [0.1, 0.15) is 13.3 Å². The normalized spacial score (nSPS) is 9.71. The average molecular weight is 204 g/mol. The van der Waals surface area contributed by atoms with Gasteiger partial charge in [0.1, 0.15) is 0 Å². The summed E-state index contributed by atoms with van der Waals surface area (Å²) in [5.41, 5.74) is 0.0250. The Kier molecular flexibility index (Phi) is 7.00. The maximum Gasteiger partial charge on any atom is 0.336 e. The molecule has 0 fully saturated rings. The summed E-state index contributed by atoms with van der Waals surface area (Å²) in [5, 5.41) is 26.4. The number of hydrogen-bond donors (Lipinski definition) is 3. The summed E-state index contributed by atoms with van der Waals surface area (Å²) in [6, 6.07) is 0. The molecule has 0 saturated heterocycles. The molecule has 0 aliphatic carbocycles. The van der Waals surface area contributed by atoms with E-state index in [-0.39, 0.29) is 17.8 Å². The van der Waals surface area contributed by atoms with Crippen LogP contribution in [0.4, 0.5) is 0 Å². The van der Waals surface area contributed by atoms with Gasteiger partial charge < -0.3 is 20.1 Å². The van der Waals surface area contributed by atoms with Gasteiger partial charge in [-0.2, -0.15) is 0 Å². The van der Waals surface area contributed by atoms with Crippen molar-refractivity contribution in [2.24, 2.45) is 0 Å². The van der Waals surface area contributed by atoms with E-state index in [0.29, 0.717) is 6.42 Å². The molecule has 0 aliphatic heterocycles. The third-order valence-electron chi connectivity index (χ3n) is 1.65. The zero-order valence-corrected chi connectivity index (χ0v) is 8.19. The number of carbonyl (C=O) groups excluding carboxylic acids is 1. The van der Waals surface area contributed by atoms with E-state index in [4.69, 9.17) is 20.1 Å². The topological polar surface area (TPSA) is 87.0 Å². The molecule has 0 amide bonds. The van der Waals surface area contributed by atoms with Crippen LogP contribution in [0.2, 0.25) is 0 Å². The Morgan fingerprint density at radius 1 is 1.14 bits per heavy atom. The number of esters is 1. The lowest BCUT2D eigenvalue weighted by atomic mass is 10.1. The van der Waals surface area contributed by atoms with E-state index in [2.05, 4.69) is 0 Å². The van der Waals surface area contributed by atoms with Crippen molar-refractivity contribution in [1.82, 2.24) is 0 Å². The summed E-state index contributed by atoms with van der Waals surface area (Å²) in [6.45, 7) is 0.626. The molecule has 5 nitrogen and oxygen atoms in total. The van der Waals surface area contributed by atoms with E-state index in [9.17, 15) is 4.79 Å². The average Bonchev–Trinajstić information content (AvgIpc) is 2.22. The predicted octanol–water partition coefficient (Wildman–Crippen LogP) is -0.787. The monoisotopic (exact) mass is 204 g/mol. The van der Waals surface area contributed by atoms with Gasteiger partial charge in [-0.3, -0.25) is 0 Å². The first-order valence-electron chi connectivity index (χ1n) is 4.41. The van der Waals surface area contributed by atoms with Crippen LogP contribution in [0.15, 0.2) is 11.1 Å². The molecule has 0 saturated carbocycles. The van der Waals surface area contributed by atoms with E-state index in [1.165, 1.54) is 0 Å². The standard InChI is InChI=1S/C9H16O5/c1-2-3-14-9(13)8(6-12)7(4-10)5-11/h10-12H,2-6H2,1H3. The van der Waals surface area contributed by atoms with Gasteiger partial charge in [-0.25, -0.2) is 4.79 Å². The molecule has 0 aromatic carbocycles. The molecule has 0 heterocycles. The van der Waals surface area contributed by atoms with Crippen LogP contribution >= 0.6 is 0 Å². The van der Waals surface area contributed by atoms with Crippen molar-refractivity contribution in [2.75, 3.05) is 26.4 Å². The summed E-state index contributed by atoms with van der Waals surface area (Å²) in [6.07, 6.45) is 0.679. The molecule has 0 unspecified atom stereocenters. The second-order valence-electron chi connectivity index (χ2n) is 2.69. The van der Waals surface area contributed by atoms with E-state index < -0.39 is 25.8 Å². The van der Waals surface area contributed by atoms with Crippen LogP contribution in [0.5, 0.6) is 0 Å². The Bertz CT molecular complexity index is 203. The number of aliphatic hydroxyl groups is 3. The Labute approximate surface area is 82.6 Å². The van der Waals surface area contributed by atoms with Gasteiger partial charge >= 0.3 is 5.97 Å². The molecule has 0 spiro atoms. The second-order valence-corrected chi connectivity index (χ2v) is 2.69. The lowest BCUT2D eigenvalue weighted by Crippen LogP contribution is -2.17. The number of rotatable bonds is 6. The third kappa shape index (κ3) is 3.87. The van der Waals surface area contributed by atoms with Gasteiger partial charge in [0.2, 0.25) is 0 Å². The molecule has 0 bridgehead atoms. The van der Waals surface area contributed by atoms with Crippen molar-refractivity contribution >= 4 is 5.97 Å². The number of carbonyl (C=O) groups is 1. The fraction of sp³-hybridized carbons (Fsp3) is 0.667. The highest BCUT2D eigenvalue weighted by atomic mass is 16.5. The lowest BCUT2D eigenvalue weighted by molar-refractivity contribution is -0.139. The van der Waals surface area contributed by atoms with Crippen molar-refractivity contribution in [3.05, 3.63) is 11.1 Å². The summed E-state index contributed by atoms with van der Waals surface area (Å²) in [7, 11) is 0. The van der Waals surface area contributed by atoms with E-state index >= 15 is 0 Å². The highest BCUT2D eigenvalue weighted by molar-refractivity contribution is 5.89. The fourth-order valence-corrected chi connectivity index (χ4v) is 0.843. The Balaban J connectivity index is 4.52. The van der Waals surface area contributed by atoms with Crippen molar-refractivity contribution < 1.29 is 24.9 Å². The van der Waals surface area contributed by atoms with Gasteiger partial charge in [-0.05, 0) is 12.0 Å². The van der Waals surface area contributed by atoms with Crippen LogP contribution in [-0.2, 0) is 9.53 Å². The SMILES string of the molecule is CCCOC(=O)C(CO)=C(CO)CO. The van der Waals surface area contributed by atoms with Crippen molar-refractivity contribution in [3.63, 3.8) is 0 Å². The van der Waals surface area contributed by atoms with E-state index in [1.54, 1.807) is 0 Å². The second kappa shape index (κ2) is 7.49. The number of ether oxygens (including phenoxy) is 1. The zero-order valence-electron chi connectivity index (χ0n) is 8.19. The maximum absolute atomic E-state index is 11.2. The third-order valence-corrected chi connectivity index (χ3v) is 1.65. The van der Waals surface area contributed by atoms with Gasteiger partial charge in [0.25, 0.3) is 0 Å². The minimum absolute atomic E-state index is 0.0662. The van der Waals surface area contributed by atoms with Crippen LogP contribution in [-0.4, -0.2) is 47.7 Å². The first kappa shape index (κ1) is 13.1. The minimum Gasteiger partial charge on any atom is -0.462 e. The van der Waals surface area contributed by atoms with Gasteiger partial charge in [0.15, 0.2) is 0 Å². The molecule has 14 heavy (non-hydrogen) atoms. The Morgan fingerprint density at radius 2 is 1.71 bits per heavy atom. The fourth-order valence-electron chi connectivity index (χ4n) is 0.843. The molecule has 0 aliphatic rings. The highest BCUT2D eigenvalue weighted by Gasteiger charge is 2.14. The molecule has 0 rings (SSSR count). The highest BCUT2D eigenvalue weighted by Crippen LogP contribution is 2.05. The number of hydrogen-bond acceptors (Lipinski definition) is 5. The smallest absolute Gasteiger partial charge is 0.336 e. The van der Waals surface area contributed by atoms with Crippen LogP contribution in [0.3, 0.4) is 0 Å². The molecule has 0 atom stereocenters. The van der Waals surface area contributed by atoms with E-state index in [1.807, 2.05) is 6.92 Å². The molecule has 0 aromatic rings. The molecule has 82 valence electrons. The zero-order chi connectivity index (χ0) is 11.0. The molecule has 3 N–H and O–H groups in total. The lowest BCUT2D eigenvalue weighted by Gasteiger charge is -2.08. The summed E-state index contributed by atoms with van der Waals surface area (Å²) < 4.78 is 4.75. The van der Waals surface area contributed by atoms with Crippen LogP contribution in [0, 0.1) is 0 Å². The van der Waals surface area contributed by atoms with Crippen molar-refractivity contribution in [2.45, 2.75) is 13.3 Å². The molecule has 0 radical (unpaired) electrons. The molecular formula is C9H16O5.